The Balaban J connectivity index is 0.00000280. The van der Waals surface area contributed by atoms with E-state index in [1.165, 1.54) is 12.1 Å². The second-order valence-corrected chi connectivity index (χ2v) is 7.94. The third-order valence-electron chi connectivity index (χ3n) is 4.22. The van der Waals surface area contributed by atoms with Gasteiger partial charge in [-0.15, -0.1) is 12.4 Å². The van der Waals surface area contributed by atoms with Crippen molar-refractivity contribution in [1.82, 2.24) is 10.6 Å². The highest BCUT2D eigenvalue weighted by atomic mass is 35.5. The summed E-state index contributed by atoms with van der Waals surface area (Å²) in [6.45, 7) is 4.01. The molecule has 1 aliphatic heterocycles. The maximum atomic E-state index is 12.6. The molecule has 0 spiro atoms. The first-order valence-electron chi connectivity index (χ1n) is 8.85. The van der Waals surface area contributed by atoms with E-state index >= 15 is 0 Å². The number of sulfonamides is 1. The lowest BCUT2D eigenvalue weighted by Gasteiger charge is -2.13. The van der Waals surface area contributed by atoms with Gasteiger partial charge in [0.2, 0.25) is 0 Å². The molecule has 152 valence electrons. The molecule has 1 atom stereocenters. The van der Waals surface area contributed by atoms with Gasteiger partial charge in [0.25, 0.3) is 15.9 Å². The van der Waals surface area contributed by atoms with Crippen molar-refractivity contribution in [3.63, 3.8) is 0 Å². The predicted molar refractivity (Wildman–Crippen MR) is 111 cm³/mol. The minimum atomic E-state index is -3.80. The molecule has 2 aromatic rings. The number of amides is 1. The Morgan fingerprint density at radius 2 is 1.96 bits per heavy atom. The fourth-order valence-corrected chi connectivity index (χ4v) is 3.96. The van der Waals surface area contributed by atoms with Crippen LogP contribution in [0.1, 0.15) is 23.7 Å². The number of carbonyl (C=O) groups is 1. The quantitative estimate of drug-likeness (QED) is 0.633. The Morgan fingerprint density at radius 3 is 2.61 bits per heavy atom. The largest absolute Gasteiger partial charge is 0.494 e. The van der Waals surface area contributed by atoms with Crippen molar-refractivity contribution in [2.45, 2.75) is 24.3 Å². The van der Waals surface area contributed by atoms with Crippen molar-refractivity contribution in [3.8, 4) is 5.75 Å². The molecule has 28 heavy (non-hydrogen) atoms. The third kappa shape index (κ3) is 5.60. The molecule has 1 saturated heterocycles. The second kappa shape index (κ2) is 9.77. The molecule has 0 saturated carbocycles. The van der Waals surface area contributed by atoms with E-state index in [1.54, 1.807) is 36.4 Å². The molecule has 3 rings (SSSR count). The van der Waals surface area contributed by atoms with Gasteiger partial charge < -0.3 is 15.4 Å². The Kier molecular flexibility index (Phi) is 7.68. The molecule has 1 amide bonds. The fraction of sp³-hybridized carbons (Fsp3) is 0.316. The van der Waals surface area contributed by atoms with Crippen LogP contribution in [0.15, 0.2) is 53.4 Å². The molecule has 0 aliphatic carbocycles. The van der Waals surface area contributed by atoms with Crippen LogP contribution in [-0.2, 0) is 10.0 Å². The summed E-state index contributed by atoms with van der Waals surface area (Å²) in [5, 5.41) is 6.09. The van der Waals surface area contributed by atoms with Crippen LogP contribution in [0.5, 0.6) is 5.75 Å². The van der Waals surface area contributed by atoms with Crippen molar-refractivity contribution >= 4 is 34.0 Å². The molecule has 7 nitrogen and oxygen atoms in total. The summed E-state index contributed by atoms with van der Waals surface area (Å²) in [7, 11) is -3.80. The first kappa shape index (κ1) is 22.0. The van der Waals surface area contributed by atoms with Crippen LogP contribution in [0.25, 0.3) is 0 Å². The van der Waals surface area contributed by atoms with E-state index in [9.17, 15) is 13.2 Å². The number of hydrogen-bond donors (Lipinski definition) is 3. The van der Waals surface area contributed by atoms with E-state index in [-0.39, 0.29) is 29.3 Å². The minimum Gasteiger partial charge on any atom is -0.494 e. The molecule has 1 aliphatic rings. The zero-order valence-corrected chi connectivity index (χ0v) is 17.1. The Hall–Kier alpha value is -2.29. The molecule has 1 unspecified atom stereocenters. The predicted octanol–water partition coefficient (Wildman–Crippen LogP) is 2.40. The summed E-state index contributed by atoms with van der Waals surface area (Å²) < 4.78 is 33.2. The van der Waals surface area contributed by atoms with Crippen LogP contribution < -0.4 is 20.1 Å². The van der Waals surface area contributed by atoms with Crippen molar-refractivity contribution < 1.29 is 17.9 Å². The Bertz CT molecular complexity index is 898. The SMILES string of the molecule is CCOc1ccc(NS(=O)(=O)c2cccc(C(=O)NC3CCNC3)c2)cc1.Cl. The average molecular weight is 426 g/mol. The van der Waals surface area contributed by atoms with Crippen LogP contribution in [0, 0.1) is 0 Å². The molecule has 9 heteroatoms. The highest BCUT2D eigenvalue weighted by molar-refractivity contribution is 7.92. The molecule has 1 heterocycles. The van der Waals surface area contributed by atoms with Gasteiger partial charge in [-0.1, -0.05) is 6.07 Å². The van der Waals surface area contributed by atoms with E-state index in [0.717, 1.165) is 19.5 Å². The van der Waals surface area contributed by atoms with Gasteiger partial charge in [0.15, 0.2) is 0 Å². The monoisotopic (exact) mass is 425 g/mol. The molecule has 1 fully saturated rings. The summed E-state index contributed by atoms with van der Waals surface area (Å²) in [6, 6.07) is 12.7. The van der Waals surface area contributed by atoms with E-state index in [4.69, 9.17) is 4.74 Å². The van der Waals surface area contributed by atoms with Gasteiger partial charge >= 0.3 is 0 Å². The van der Waals surface area contributed by atoms with E-state index in [0.29, 0.717) is 23.6 Å². The van der Waals surface area contributed by atoms with Crippen molar-refractivity contribution in [1.29, 1.82) is 0 Å². The maximum absolute atomic E-state index is 12.6. The molecular weight excluding hydrogens is 402 g/mol. The molecular formula is C19H24ClN3O4S. The van der Waals surface area contributed by atoms with Crippen LogP contribution in [0.3, 0.4) is 0 Å². The summed E-state index contributed by atoms with van der Waals surface area (Å²) >= 11 is 0. The van der Waals surface area contributed by atoms with Crippen molar-refractivity contribution in [3.05, 3.63) is 54.1 Å². The molecule has 0 bridgehead atoms. The number of benzene rings is 2. The maximum Gasteiger partial charge on any atom is 0.261 e. The lowest BCUT2D eigenvalue weighted by molar-refractivity contribution is 0.0940. The zero-order valence-electron chi connectivity index (χ0n) is 15.5. The van der Waals surface area contributed by atoms with Crippen molar-refractivity contribution in [2.24, 2.45) is 0 Å². The first-order valence-corrected chi connectivity index (χ1v) is 10.3. The minimum absolute atomic E-state index is 0. The molecule has 0 aromatic heterocycles. The van der Waals surface area contributed by atoms with E-state index < -0.39 is 10.0 Å². The fourth-order valence-electron chi connectivity index (χ4n) is 2.85. The summed E-state index contributed by atoms with van der Waals surface area (Å²) in [6.07, 6.45) is 0.864. The molecule has 2 aromatic carbocycles. The summed E-state index contributed by atoms with van der Waals surface area (Å²) in [5.41, 5.74) is 0.738. The van der Waals surface area contributed by atoms with Crippen LogP contribution in [0.4, 0.5) is 5.69 Å². The van der Waals surface area contributed by atoms with E-state index in [1.807, 2.05) is 6.92 Å². The topological polar surface area (TPSA) is 96.5 Å². The Labute approximate surface area is 171 Å². The standard InChI is InChI=1S/C19H23N3O4S.ClH/c1-2-26-17-8-6-15(7-9-17)22-27(24,25)18-5-3-4-14(12-18)19(23)21-16-10-11-20-13-16;/h3-9,12,16,20,22H,2,10-11,13H2,1H3,(H,21,23);1H. The number of anilines is 1. The van der Waals surface area contributed by atoms with Crippen LogP contribution in [0.2, 0.25) is 0 Å². The van der Waals surface area contributed by atoms with Crippen LogP contribution >= 0.6 is 12.4 Å². The lowest BCUT2D eigenvalue weighted by atomic mass is 10.2. The number of hydrogen-bond acceptors (Lipinski definition) is 5. The number of carbonyl (C=O) groups excluding carboxylic acids is 1. The zero-order chi connectivity index (χ0) is 19.3. The summed E-state index contributed by atoms with van der Waals surface area (Å²) in [4.78, 5) is 12.4. The highest BCUT2D eigenvalue weighted by Gasteiger charge is 2.20. The molecule has 0 radical (unpaired) electrons. The summed E-state index contributed by atoms with van der Waals surface area (Å²) in [5.74, 6) is 0.391. The van der Waals surface area contributed by atoms with Gasteiger partial charge in [-0.2, -0.15) is 0 Å². The van der Waals surface area contributed by atoms with Gasteiger partial charge in [0.05, 0.1) is 11.5 Å². The van der Waals surface area contributed by atoms with Gasteiger partial charge in [-0.25, -0.2) is 8.42 Å². The van der Waals surface area contributed by atoms with Crippen molar-refractivity contribution in [2.75, 3.05) is 24.4 Å². The van der Waals surface area contributed by atoms with E-state index in [2.05, 4.69) is 15.4 Å². The number of nitrogens with one attached hydrogen (secondary N) is 3. The number of halogens is 1. The smallest absolute Gasteiger partial charge is 0.261 e. The lowest BCUT2D eigenvalue weighted by Crippen LogP contribution is -2.36. The number of rotatable bonds is 7. The first-order chi connectivity index (χ1) is 13.0. The number of ether oxygens (including phenoxy) is 1. The van der Waals surface area contributed by atoms with Gasteiger partial charge in [-0.3, -0.25) is 9.52 Å². The molecule has 3 N–H and O–H groups in total. The Morgan fingerprint density at radius 1 is 1.21 bits per heavy atom. The van der Waals surface area contributed by atoms with Crippen LogP contribution in [-0.4, -0.2) is 40.1 Å². The third-order valence-corrected chi connectivity index (χ3v) is 5.60. The normalized spacial score (nSPS) is 16.1. The average Bonchev–Trinajstić information content (AvgIpc) is 3.16. The van der Waals surface area contributed by atoms with Gasteiger partial charge in [0, 0.05) is 23.8 Å². The second-order valence-electron chi connectivity index (χ2n) is 6.25. The highest BCUT2D eigenvalue weighted by Crippen LogP contribution is 2.20. The van der Waals surface area contributed by atoms with Gasteiger partial charge in [-0.05, 0) is 62.4 Å². The van der Waals surface area contributed by atoms with Gasteiger partial charge in [0.1, 0.15) is 5.75 Å².